The zero-order valence-corrected chi connectivity index (χ0v) is 12.2. The average molecular weight is 349 g/mol. The fourth-order valence-electron chi connectivity index (χ4n) is 1.90. The molecule has 0 radical (unpaired) electrons. The molecule has 0 aliphatic heterocycles. The summed E-state index contributed by atoms with van der Waals surface area (Å²) in [6.07, 6.45) is -4.48. The number of rotatable bonds is 3. The van der Waals surface area contributed by atoms with Gasteiger partial charge in [0.05, 0.1) is 11.3 Å². The molecule has 0 atom stereocenters. The highest BCUT2D eigenvalue weighted by molar-refractivity contribution is 7.90. The van der Waals surface area contributed by atoms with Crippen molar-refractivity contribution in [2.24, 2.45) is 5.14 Å². The van der Waals surface area contributed by atoms with Crippen molar-refractivity contribution in [3.05, 3.63) is 47.8 Å². The number of benzene rings is 2. The quantitative estimate of drug-likeness (QED) is 0.587. The number of anilines is 2. The van der Waals surface area contributed by atoms with Crippen molar-refractivity contribution < 1.29 is 26.0 Å². The summed E-state index contributed by atoms with van der Waals surface area (Å²) in [5.74, 6) is -1.01. The molecule has 0 aromatic heterocycles. The normalized spacial score (nSPS) is 12.2. The lowest BCUT2D eigenvalue weighted by Gasteiger charge is -2.12. The summed E-state index contributed by atoms with van der Waals surface area (Å²) in [7, 11) is -4.22. The van der Waals surface area contributed by atoms with Gasteiger partial charge in [-0.25, -0.2) is 9.53 Å². The zero-order valence-electron chi connectivity index (χ0n) is 11.4. The van der Waals surface area contributed by atoms with Crippen LogP contribution in [0.15, 0.2) is 36.4 Å². The minimum absolute atomic E-state index is 0.189. The Morgan fingerprint density at radius 3 is 2.00 bits per heavy atom. The summed E-state index contributed by atoms with van der Waals surface area (Å²) >= 11 is 0. The van der Waals surface area contributed by atoms with Crippen LogP contribution in [0.1, 0.15) is 5.56 Å². The van der Waals surface area contributed by atoms with Crippen LogP contribution in [-0.4, -0.2) is 8.42 Å². The predicted molar refractivity (Wildman–Crippen MR) is 78.0 cm³/mol. The minimum atomic E-state index is -4.48. The van der Waals surface area contributed by atoms with E-state index in [1.54, 1.807) is 4.72 Å². The van der Waals surface area contributed by atoms with Crippen LogP contribution in [-0.2, 0) is 16.4 Å². The molecule has 2 aromatic carbocycles. The van der Waals surface area contributed by atoms with E-state index < -0.39 is 33.5 Å². The van der Waals surface area contributed by atoms with Crippen molar-refractivity contribution >= 4 is 21.6 Å². The molecule has 23 heavy (non-hydrogen) atoms. The Hall–Kier alpha value is -2.33. The molecule has 0 unspecified atom stereocenters. The summed E-state index contributed by atoms with van der Waals surface area (Å²) in [6.45, 7) is 0. The predicted octanol–water partition coefficient (Wildman–Crippen LogP) is 2.71. The molecular weight excluding hydrogens is 338 g/mol. The Labute approximate surface area is 129 Å². The van der Waals surface area contributed by atoms with E-state index in [0.717, 1.165) is 30.3 Å². The second-order valence-electron chi connectivity index (χ2n) is 4.64. The van der Waals surface area contributed by atoms with Crippen LogP contribution < -0.4 is 15.6 Å². The number of hydrogen-bond acceptors (Lipinski definition) is 3. The average Bonchev–Trinajstić information content (AvgIpc) is 2.41. The lowest BCUT2D eigenvalue weighted by Crippen LogP contribution is -2.23. The molecule has 0 heterocycles. The van der Waals surface area contributed by atoms with Crippen molar-refractivity contribution in [1.29, 1.82) is 0 Å². The number of halogens is 4. The monoisotopic (exact) mass is 349 g/mol. The molecule has 5 N–H and O–H groups in total. The molecule has 10 heteroatoms. The molecule has 0 bridgehead atoms. The van der Waals surface area contributed by atoms with E-state index in [1.807, 2.05) is 0 Å². The van der Waals surface area contributed by atoms with Gasteiger partial charge < -0.3 is 5.73 Å². The van der Waals surface area contributed by atoms with Crippen LogP contribution in [0.5, 0.6) is 0 Å². The standard InChI is InChI=1S/C13H11F4N3O2S/c14-10-5-8(6-11(18)12(10)20-23(19,21)22)7-1-3-9(4-2-7)13(15,16)17/h1-6,20H,18H2,(H2,19,21,22). The third-order valence-electron chi connectivity index (χ3n) is 2.91. The Morgan fingerprint density at radius 2 is 1.57 bits per heavy atom. The van der Waals surface area contributed by atoms with Crippen molar-refractivity contribution in [2.75, 3.05) is 10.5 Å². The maximum absolute atomic E-state index is 14.0. The third-order valence-corrected chi connectivity index (χ3v) is 3.40. The second-order valence-corrected chi connectivity index (χ2v) is 5.94. The molecule has 0 aliphatic rings. The maximum atomic E-state index is 14.0. The van der Waals surface area contributed by atoms with Crippen molar-refractivity contribution in [3.8, 4) is 11.1 Å². The van der Waals surface area contributed by atoms with Gasteiger partial charge in [-0.3, -0.25) is 4.72 Å². The van der Waals surface area contributed by atoms with E-state index in [2.05, 4.69) is 0 Å². The molecule has 0 aliphatic carbocycles. The number of alkyl halides is 3. The lowest BCUT2D eigenvalue weighted by molar-refractivity contribution is -0.137. The van der Waals surface area contributed by atoms with Crippen LogP contribution in [0.25, 0.3) is 11.1 Å². The van der Waals surface area contributed by atoms with E-state index in [9.17, 15) is 26.0 Å². The van der Waals surface area contributed by atoms with E-state index in [4.69, 9.17) is 10.9 Å². The van der Waals surface area contributed by atoms with Gasteiger partial charge in [0.2, 0.25) is 0 Å². The van der Waals surface area contributed by atoms with Crippen LogP contribution in [0.2, 0.25) is 0 Å². The van der Waals surface area contributed by atoms with Gasteiger partial charge in [0, 0.05) is 0 Å². The van der Waals surface area contributed by atoms with Gasteiger partial charge in [-0.05, 0) is 35.4 Å². The molecule has 2 aromatic rings. The van der Waals surface area contributed by atoms with E-state index in [1.165, 1.54) is 6.07 Å². The summed E-state index contributed by atoms with van der Waals surface area (Å²) in [6, 6.07) is 6.17. The largest absolute Gasteiger partial charge is 0.416 e. The van der Waals surface area contributed by atoms with Gasteiger partial charge in [-0.1, -0.05) is 12.1 Å². The highest BCUT2D eigenvalue weighted by Gasteiger charge is 2.30. The topological polar surface area (TPSA) is 98.2 Å². The molecule has 124 valence electrons. The Balaban J connectivity index is 2.42. The van der Waals surface area contributed by atoms with Gasteiger partial charge in [0.25, 0.3) is 10.2 Å². The number of nitrogens with one attached hydrogen (secondary N) is 1. The maximum Gasteiger partial charge on any atom is 0.416 e. The second kappa shape index (κ2) is 5.70. The summed E-state index contributed by atoms with van der Waals surface area (Å²) in [4.78, 5) is 0. The first-order valence-corrected chi connectivity index (χ1v) is 7.59. The zero-order chi connectivity index (χ0) is 17.4. The van der Waals surface area contributed by atoms with Gasteiger partial charge in [0.15, 0.2) is 0 Å². The Morgan fingerprint density at radius 1 is 1.00 bits per heavy atom. The molecule has 0 spiro atoms. The highest BCUT2D eigenvalue weighted by atomic mass is 32.2. The van der Waals surface area contributed by atoms with Crippen LogP contribution in [0, 0.1) is 5.82 Å². The summed E-state index contributed by atoms with van der Waals surface area (Å²) in [5, 5.41) is 4.74. The molecule has 0 fully saturated rings. The van der Waals surface area contributed by atoms with E-state index in [-0.39, 0.29) is 16.8 Å². The molecule has 0 saturated carbocycles. The minimum Gasteiger partial charge on any atom is -0.397 e. The summed E-state index contributed by atoms with van der Waals surface area (Å²) in [5.41, 5.74) is 4.41. The van der Waals surface area contributed by atoms with Crippen molar-refractivity contribution in [3.63, 3.8) is 0 Å². The number of nitrogens with two attached hydrogens (primary N) is 2. The van der Waals surface area contributed by atoms with Gasteiger partial charge in [-0.15, -0.1) is 0 Å². The Bertz CT molecular complexity index is 810. The first-order chi connectivity index (χ1) is 10.5. The first-order valence-electron chi connectivity index (χ1n) is 6.04. The number of nitrogen functional groups attached to an aromatic ring is 1. The highest BCUT2D eigenvalue weighted by Crippen LogP contribution is 2.33. The molecular formula is C13H11F4N3O2S. The van der Waals surface area contributed by atoms with Crippen molar-refractivity contribution in [1.82, 2.24) is 0 Å². The fraction of sp³-hybridized carbons (Fsp3) is 0.0769. The van der Waals surface area contributed by atoms with E-state index >= 15 is 0 Å². The number of hydrogen-bond donors (Lipinski definition) is 3. The molecule has 0 saturated heterocycles. The van der Waals surface area contributed by atoms with Gasteiger partial charge >= 0.3 is 6.18 Å². The van der Waals surface area contributed by atoms with Crippen LogP contribution in [0.3, 0.4) is 0 Å². The summed E-state index contributed by atoms with van der Waals surface area (Å²) < 4.78 is 75.0. The smallest absolute Gasteiger partial charge is 0.397 e. The van der Waals surface area contributed by atoms with Gasteiger partial charge in [0.1, 0.15) is 11.5 Å². The van der Waals surface area contributed by atoms with Crippen LogP contribution in [0.4, 0.5) is 28.9 Å². The first kappa shape index (κ1) is 17.0. The fourth-order valence-corrected chi connectivity index (χ4v) is 2.40. The Kier molecular flexibility index (Phi) is 4.22. The van der Waals surface area contributed by atoms with E-state index in [0.29, 0.717) is 0 Å². The van der Waals surface area contributed by atoms with Crippen LogP contribution >= 0.6 is 0 Å². The molecule has 0 amide bonds. The lowest BCUT2D eigenvalue weighted by atomic mass is 10.0. The molecule has 5 nitrogen and oxygen atoms in total. The molecule has 2 rings (SSSR count). The van der Waals surface area contributed by atoms with Gasteiger partial charge in [-0.2, -0.15) is 21.6 Å². The van der Waals surface area contributed by atoms with Crippen molar-refractivity contribution in [2.45, 2.75) is 6.18 Å². The third kappa shape index (κ3) is 4.11. The SMILES string of the molecule is Nc1cc(-c2ccc(C(F)(F)F)cc2)cc(F)c1NS(N)(=O)=O.